The van der Waals surface area contributed by atoms with E-state index in [0.29, 0.717) is 0 Å². The van der Waals surface area contributed by atoms with Crippen LogP contribution in [0.3, 0.4) is 0 Å². The van der Waals surface area contributed by atoms with Gasteiger partial charge in [0.15, 0.2) is 0 Å². The molecule has 0 radical (unpaired) electrons. The lowest BCUT2D eigenvalue weighted by atomic mass is 9.82. The highest BCUT2D eigenvalue weighted by molar-refractivity contribution is 6.27. The van der Waals surface area contributed by atoms with Crippen molar-refractivity contribution in [3.05, 3.63) is 497 Å². The highest BCUT2D eigenvalue weighted by Gasteiger charge is 2.24. The van der Waals surface area contributed by atoms with Crippen LogP contribution < -0.4 is 0 Å². The minimum absolute atomic E-state index is 1.23. The number of benzene rings is 24. The van der Waals surface area contributed by atoms with Crippen LogP contribution in [0, 0.1) is 0 Å². The van der Waals surface area contributed by atoms with E-state index in [1.54, 1.807) is 0 Å². The van der Waals surface area contributed by atoms with Crippen LogP contribution in [0.4, 0.5) is 0 Å². The summed E-state index contributed by atoms with van der Waals surface area (Å²) in [6.07, 6.45) is 0. The van der Waals surface area contributed by atoms with Crippen LogP contribution >= 0.6 is 0 Å². The number of hydrogen-bond donors (Lipinski definition) is 0. The second-order valence-electron chi connectivity index (χ2n) is 32.2. The molecule has 24 aromatic rings. The monoisotopic (exact) mass is 1570 g/mol. The third-order valence-electron chi connectivity index (χ3n) is 25.2. The zero-order valence-corrected chi connectivity index (χ0v) is 68.3. The summed E-state index contributed by atoms with van der Waals surface area (Å²) in [6, 6.07) is 181. The van der Waals surface area contributed by atoms with Gasteiger partial charge in [0.1, 0.15) is 0 Å². The molecule has 0 aromatic heterocycles. The van der Waals surface area contributed by atoms with Crippen LogP contribution in [0.1, 0.15) is 0 Å². The van der Waals surface area contributed by atoms with E-state index in [1.165, 1.54) is 230 Å². The topological polar surface area (TPSA) is 0 Å². The van der Waals surface area contributed by atoms with Gasteiger partial charge in [-0.15, -0.1) is 0 Å². The van der Waals surface area contributed by atoms with Gasteiger partial charge >= 0.3 is 0 Å². The van der Waals surface area contributed by atoms with Crippen molar-refractivity contribution in [3.63, 3.8) is 0 Å². The Morgan fingerprint density at radius 3 is 0.718 bits per heavy atom. The molecular weight excluding hydrogens is 1490 g/mol. The second kappa shape index (κ2) is 32.5. The molecule has 0 heteroatoms. The predicted octanol–water partition coefficient (Wildman–Crippen LogP) is 34.9. The van der Waals surface area contributed by atoms with Gasteiger partial charge in [-0.2, -0.15) is 0 Å². The Hall–Kier alpha value is -16.1. The molecule has 0 aliphatic heterocycles. The summed E-state index contributed by atoms with van der Waals surface area (Å²) in [5, 5.41) is 25.4. The maximum absolute atomic E-state index is 2.34. The highest BCUT2D eigenvalue weighted by atomic mass is 14.3. The summed E-state index contributed by atoms with van der Waals surface area (Å²) in [6.45, 7) is 0. The van der Waals surface area contributed by atoms with Gasteiger partial charge in [0.25, 0.3) is 0 Å². The molecule has 0 aliphatic carbocycles. The molecular formula is C124H82. The lowest BCUT2D eigenvalue weighted by Gasteiger charge is -2.21. The van der Waals surface area contributed by atoms with Crippen molar-refractivity contribution >= 4 is 108 Å². The first-order chi connectivity index (χ1) is 61.6. The van der Waals surface area contributed by atoms with E-state index in [2.05, 4.69) is 497 Å². The maximum Gasteiger partial charge on any atom is -0.00201 e. The van der Waals surface area contributed by atoms with E-state index in [1.807, 2.05) is 0 Å². The van der Waals surface area contributed by atoms with Crippen molar-refractivity contribution in [1.82, 2.24) is 0 Å². The summed E-state index contributed by atoms with van der Waals surface area (Å²) in [5.41, 5.74) is 27.7. The second-order valence-corrected chi connectivity index (χ2v) is 32.2. The molecule has 0 atom stereocenters. The molecule has 0 spiro atoms. The van der Waals surface area contributed by atoms with Crippen molar-refractivity contribution in [2.45, 2.75) is 0 Å². The summed E-state index contributed by atoms with van der Waals surface area (Å²) in [5.74, 6) is 0. The summed E-state index contributed by atoms with van der Waals surface area (Å²) >= 11 is 0. The molecule has 0 fully saturated rings. The van der Waals surface area contributed by atoms with Crippen molar-refractivity contribution in [2.75, 3.05) is 0 Å². The van der Waals surface area contributed by atoms with E-state index in [0.717, 1.165) is 0 Å². The summed E-state index contributed by atoms with van der Waals surface area (Å²) in [4.78, 5) is 0. The molecule has 124 heavy (non-hydrogen) atoms. The normalized spacial score (nSPS) is 11.4. The minimum Gasteiger partial charge on any atom is -0.0622 e. The lowest BCUT2D eigenvalue weighted by Crippen LogP contribution is -1.93. The molecule has 0 nitrogen and oxygen atoms in total. The van der Waals surface area contributed by atoms with E-state index in [4.69, 9.17) is 0 Å². The summed E-state index contributed by atoms with van der Waals surface area (Å²) < 4.78 is 0. The molecule has 0 unspecified atom stereocenters. The SMILES string of the molecule is c1ccc(-c2ccccc2-c2c3ccccc3c(-c3ccc(-c4ccc5ccccc5c4)cc3)c3ccccc23)cc1.c1ccc(-c2ccccc2-c2c3ccccc3c(-c3ccc(-c4ccccc4)c4ccccc34)c3ccccc23)cc1.c1ccc2cc(-c3c4ccccc4c(-c4ccc(-c5cccc6ccccc56)cc4)c4ccccc34)ccc2c1. The molecule has 0 N–H and O–H groups in total. The van der Waals surface area contributed by atoms with E-state index in [9.17, 15) is 0 Å². The Kier molecular flexibility index (Phi) is 19.5. The quantitative estimate of drug-likeness (QED) is 0.113. The van der Waals surface area contributed by atoms with E-state index < -0.39 is 0 Å². The van der Waals surface area contributed by atoms with Crippen molar-refractivity contribution in [2.24, 2.45) is 0 Å². The first-order valence-electron chi connectivity index (χ1n) is 42.9. The minimum atomic E-state index is 1.23. The zero-order valence-electron chi connectivity index (χ0n) is 68.3. The fourth-order valence-electron chi connectivity index (χ4n) is 19.6. The third-order valence-corrected chi connectivity index (χ3v) is 25.2. The smallest absolute Gasteiger partial charge is 0.00201 e. The molecule has 578 valence electrons. The first-order valence-corrected chi connectivity index (χ1v) is 42.9. The third kappa shape index (κ3) is 13.6. The molecule has 0 saturated carbocycles. The van der Waals surface area contributed by atoms with Crippen LogP contribution in [-0.4, -0.2) is 0 Å². The average molecular weight is 1570 g/mol. The average Bonchev–Trinajstić information content (AvgIpc) is 0.740. The van der Waals surface area contributed by atoms with Gasteiger partial charge in [-0.05, 0) is 242 Å². The Morgan fingerprint density at radius 1 is 0.0806 bits per heavy atom. The first kappa shape index (κ1) is 74.2. The van der Waals surface area contributed by atoms with Crippen molar-refractivity contribution in [3.8, 4) is 122 Å². The Bertz CT molecular complexity index is 8010. The van der Waals surface area contributed by atoms with Crippen molar-refractivity contribution in [1.29, 1.82) is 0 Å². The zero-order chi connectivity index (χ0) is 82.2. The Labute approximate surface area is 722 Å². The predicted molar refractivity (Wildman–Crippen MR) is 534 cm³/mol. The Morgan fingerprint density at radius 2 is 0.306 bits per heavy atom. The van der Waals surface area contributed by atoms with Crippen LogP contribution in [0.15, 0.2) is 497 Å². The van der Waals surface area contributed by atoms with Gasteiger partial charge in [-0.3, -0.25) is 0 Å². The summed E-state index contributed by atoms with van der Waals surface area (Å²) in [7, 11) is 0. The van der Waals surface area contributed by atoms with Crippen molar-refractivity contribution < 1.29 is 0 Å². The van der Waals surface area contributed by atoms with Gasteiger partial charge in [-0.25, -0.2) is 0 Å². The van der Waals surface area contributed by atoms with Gasteiger partial charge in [0.05, 0.1) is 0 Å². The van der Waals surface area contributed by atoms with Gasteiger partial charge in [0.2, 0.25) is 0 Å². The number of rotatable bonds is 11. The molecule has 0 bridgehead atoms. The lowest BCUT2D eigenvalue weighted by molar-refractivity contribution is 1.60. The molecule has 24 rings (SSSR count). The highest BCUT2D eigenvalue weighted by Crippen LogP contribution is 2.51. The fourth-order valence-corrected chi connectivity index (χ4v) is 19.6. The van der Waals surface area contributed by atoms with Crippen LogP contribution in [0.5, 0.6) is 0 Å². The van der Waals surface area contributed by atoms with Gasteiger partial charge < -0.3 is 0 Å². The molecule has 24 aromatic carbocycles. The van der Waals surface area contributed by atoms with Crippen LogP contribution in [-0.2, 0) is 0 Å². The van der Waals surface area contributed by atoms with E-state index in [-0.39, 0.29) is 0 Å². The fraction of sp³-hybridized carbons (Fsp3) is 0. The van der Waals surface area contributed by atoms with E-state index >= 15 is 0 Å². The largest absolute Gasteiger partial charge is 0.0622 e. The van der Waals surface area contributed by atoms with Crippen LogP contribution in [0.25, 0.3) is 230 Å². The van der Waals surface area contributed by atoms with Gasteiger partial charge in [0, 0.05) is 0 Å². The Balaban J connectivity index is 0.000000111. The van der Waals surface area contributed by atoms with Crippen LogP contribution in [0.2, 0.25) is 0 Å². The maximum atomic E-state index is 2.34. The molecule has 0 saturated heterocycles. The standard InChI is InChI=1S/2C42H28.C40H26/c1-3-15-29(16-4-1)31-19-7-10-22-35(31)41-36-23-11-13-25-38(36)42(39-26-14-12-24-37(39)41)40-28-27-32(30-17-5-2-6-18-30)33-20-8-9-21-34(33)40;1-2-13-31(14-3-1)35-16-6-7-17-36(35)42-39-20-10-8-18-37(39)41(38-19-9-11-21-40(38)42)32-25-22-30(23-26-32)34-27-24-29-12-4-5-15-33(29)28-34;1-2-12-31-26-32(25-20-27(31)10-1)40-37-17-7-5-15-35(37)39(36-16-6-8-18-38(36)40)30-23-21-29(22-24-30)34-19-9-13-28-11-3-4-14-33(28)34/h2*1-28H;1-26H. The molecule has 0 aliphatic rings. The molecule has 0 heterocycles. The number of fused-ring (bicyclic) bond motifs is 10. The molecule has 0 amide bonds. The van der Waals surface area contributed by atoms with Gasteiger partial charge in [-0.1, -0.05) is 485 Å². The number of hydrogen-bond acceptors (Lipinski definition) is 0.